The van der Waals surface area contributed by atoms with Crippen molar-refractivity contribution in [1.82, 2.24) is 9.78 Å². The topological polar surface area (TPSA) is 29.9 Å². The Labute approximate surface area is 127 Å². The molecule has 0 fully saturated rings. The second-order valence-corrected chi connectivity index (χ2v) is 5.45. The van der Waals surface area contributed by atoms with Crippen molar-refractivity contribution in [3.8, 4) is 11.3 Å². The fraction of sp³-hybridized carbons (Fsp3) is 0.438. The second kappa shape index (κ2) is 5.66. The number of benzene rings is 1. The van der Waals surface area contributed by atoms with Gasteiger partial charge in [-0.25, -0.2) is 4.68 Å². The molecule has 1 aromatic heterocycles. The molecular formula is C16H18F3N3. The number of rotatable bonds is 2. The van der Waals surface area contributed by atoms with E-state index in [1.54, 1.807) is 0 Å². The van der Waals surface area contributed by atoms with Crippen LogP contribution in [0.3, 0.4) is 0 Å². The number of halogens is 3. The molecule has 0 atom stereocenters. The minimum Gasteiger partial charge on any atom is -0.370 e. The van der Waals surface area contributed by atoms with Crippen molar-refractivity contribution >= 4 is 5.82 Å². The molecule has 0 bridgehead atoms. The van der Waals surface area contributed by atoms with E-state index in [-0.39, 0.29) is 0 Å². The lowest BCUT2D eigenvalue weighted by Crippen LogP contribution is -2.07. The fourth-order valence-corrected chi connectivity index (χ4v) is 2.85. The van der Waals surface area contributed by atoms with Gasteiger partial charge in [-0.3, -0.25) is 0 Å². The van der Waals surface area contributed by atoms with Crippen LogP contribution in [0.25, 0.3) is 11.3 Å². The van der Waals surface area contributed by atoms with Gasteiger partial charge in [-0.2, -0.15) is 18.3 Å². The summed E-state index contributed by atoms with van der Waals surface area (Å²) in [5, 5.41) is 7.98. The first-order valence-corrected chi connectivity index (χ1v) is 7.52. The average Bonchev–Trinajstić information content (AvgIpc) is 2.67. The van der Waals surface area contributed by atoms with Crippen LogP contribution in [0.5, 0.6) is 0 Å². The summed E-state index contributed by atoms with van der Waals surface area (Å²) in [5.41, 5.74) is 2.01. The normalized spacial score (nSPS) is 15.1. The molecule has 0 saturated heterocycles. The Morgan fingerprint density at radius 2 is 1.91 bits per heavy atom. The Hall–Kier alpha value is -1.98. The van der Waals surface area contributed by atoms with Gasteiger partial charge < -0.3 is 5.32 Å². The summed E-state index contributed by atoms with van der Waals surface area (Å²) in [6.07, 6.45) is -1.26. The van der Waals surface area contributed by atoms with Crippen LogP contribution in [0.2, 0.25) is 0 Å². The van der Waals surface area contributed by atoms with E-state index in [0.717, 1.165) is 67.1 Å². The number of nitrogens with zero attached hydrogens (tertiary/aromatic N) is 2. The highest BCUT2D eigenvalue weighted by molar-refractivity contribution is 5.70. The number of hydrogen-bond acceptors (Lipinski definition) is 2. The Bertz CT molecular complexity index is 657. The van der Waals surface area contributed by atoms with Crippen molar-refractivity contribution in [2.24, 2.45) is 0 Å². The van der Waals surface area contributed by atoms with E-state index in [4.69, 9.17) is 0 Å². The average molecular weight is 309 g/mol. The van der Waals surface area contributed by atoms with Gasteiger partial charge in [0.2, 0.25) is 0 Å². The molecule has 0 spiro atoms. The summed E-state index contributed by atoms with van der Waals surface area (Å²) < 4.78 is 39.9. The maximum atomic E-state index is 12.7. The molecule has 0 unspecified atom stereocenters. The van der Waals surface area contributed by atoms with Crippen LogP contribution >= 0.6 is 0 Å². The quantitative estimate of drug-likeness (QED) is 0.894. The molecule has 1 N–H and O–H groups in total. The zero-order chi connectivity index (χ0) is 15.7. The lowest BCUT2D eigenvalue weighted by molar-refractivity contribution is -0.137. The fourth-order valence-electron chi connectivity index (χ4n) is 2.85. The highest BCUT2D eigenvalue weighted by Crippen LogP contribution is 2.34. The molecule has 1 aromatic carbocycles. The summed E-state index contributed by atoms with van der Waals surface area (Å²) in [6, 6.07) is 5.26. The molecule has 6 heteroatoms. The first kappa shape index (κ1) is 14.9. The summed E-state index contributed by atoms with van der Waals surface area (Å²) in [6.45, 7) is 3.65. The van der Waals surface area contributed by atoms with E-state index in [2.05, 4.69) is 10.4 Å². The molecular weight excluding hydrogens is 291 g/mol. The van der Waals surface area contributed by atoms with Crippen molar-refractivity contribution in [2.75, 3.05) is 11.9 Å². The number of alkyl halides is 3. The third kappa shape index (κ3) is 2.69. The minimum absolute atomic E-state index is 0.629. The maximum absolute atomic E-state index is 12.7. The zero-order valence-corrected chi connectivity index (χ0v) is 12.4. The van der Waals surface area contributed by atoms with Gasteiger partial charge >= 0.3 is 6.18 Å². The minimum atomic E-state index is -4.31. The number of aryl methyl sites for hydroxylation is 1. The molecule has 1 aliphatic heterocycles. The molecule has 3 nitrogen and oxygen atoms in total. The predicted molar refractivity (Wildman–Crippen MR) is 79.8 cm³/mol. The summed E-state index contributed by atoms with van der Waals surface area (Å²) >= 11 is 0. The van der Waals surface area contributed by atoms with Crippen LogP contribution in [-0.2, 0) is 19.1 Å². The van der Waals surface area contributed by atoms with Crippen molar-refractivity contribution in [2.45, 2.75) is 38.9 Å². The van der Waals surface area contributed by atoms with Gasteiger partial charge in [0.1, 0.15) is 5.82 Å². The molecule has 3 rings (SSSR count). The van der Waals surface area contributed by atoms with E-state index in [1.807, 2.05) is 11.6 Å². The van der Waals surface area contributed by atoms with E-state index in [9.17, 15) is 13.2 Å². The largest absolute Gasteiger partial charge is 0.416 e. The van der Waals surface area contributed by atoms with Crippen LogP contribution in [0.4, 0.5) is 19.0 Å². The van der Waals surface area contributed by atoms with Crippen LogP contribution in [-0.4, -0.2) is 16.3 Å². The summed E-state index contributed by atoms with van der Waals surface area (Å²) in [5.74, 6) is 1.01. The standard InChI is InChI=1S/C16H18F3N3/c1-2-22-15-13(5-3-4-10-20-15)14(21-22)11-6-8-12(9-7-11)16(17,18)19/h6-9,20H,2-5,10H2,1H3. The highest BCUT2D eigenvalue weighted by Gasteiger charge is 2.30. The predicted octanol–water partition coefficient (Wildman–Crippen LogP) is 4.34. The van der Waals surface area contributed by atoms with Crippen molar-refractivity contribution in [3.05, 3.63) is 35.4 Å². The van der Waals surface area contributed by atoms with E-state index < -0.39 is 11.7 Å². The molecule has 0 amide bonds. The van der Waals surface area contributed by atoms with Gasteiger partial charge in [0.25, 0.3) is 0 Å². The number of nitrogens with one attached hydrogen (secondary N) is 1. The number of fused-ring (bicyclic) bond motifs is 1. The van der Waals surface area contributed by atoms with Gasteiger partial charge in [0.05, 0.1) is 11.3 Å². The first-order chi connectivity index (χ1) is 10.5. The van der Waals surface area contributed by atoms with Gasteiger partial charge in [-0.15, -0.1) is 0 Å². The van der Waals surface area contributed by atoms with Crippen LogP contribution in [0, 0.1) is 0 Å². The Kier molecular flexibility index (Phi) is 3.85. The molecule has 0 aliphatic carbocycles. The molecule has 2 aromatic rings. The van der Waals surface area contributed by atoms with Gasteiger partial charge in [-0.1, -0.05) is 12.1 Å². The van der Waals surface area contributed by atoms with E-state index in [0.29, 0.717) is 0 Å². The molecule has 0 saturated carbocycles. The summed E-state index contributed by atoms with van der Waals surface area (Å²) in [4.78, 5) is 0. The number of hydrogen-bond donors (Lipinski definition) is 1. The van der Waals surface area contributed by atoms with Gasteiger partial charge in [0.15, 0.2) is 0 Å². The molecule has 1 aliphatic rings. The lowest BCUT2D eigenvalue weighted by atomic mass is 10.0. The Morgan fingerprint density at radius 3 is 2.55 bits per heavy atom. The molecule has 22 heavy (non-hydrogen) atoms. The zero-order valence-electron chi connectivity index (χ0n) is 12.4. The first-order valence-electron chi connectivity index (χ1n) is 7.52. The van der Waals surface area contributed by atoms with Crippen molar-refractivity contribution in [3.63, 3.8) is 0 Å². The van der Waals surface area contributed by atoms with Crippen LogP contribution in [0.1, 0.15) is 30.9 Å². The number of aromatic nitrogens is 2. The Morgan fingerprint density at radius 1 is 1.18 bits per heavy atom. The van der Waals surface area contributed by atoms with E-state index >= 15 is 0 Å². The monoisotopic (exact) mass is 309 g/mol. The van der Waals surface area contributed by atoms with Gasteiger partial charge in [-0.05, 0) is 38.3 Å². The Balaban J connectivity index is 2.03. The van der Waals surface area contributed by atoms with Gasteiger partial charge in [0, 0.05) is 24.2 Å². The van der Waals surface area contributed by atoms with E-state index in [1.165, 1.54) is 12.1 Å². The molecule has 0 radical (unpaired) electrons. The van der Waals surface area contributed by atoms with Crippen LogP contribution in [0.15, 0.2) is 24.3 Å². The molecule has 2 heterocycles. The molecule has 118 valence electrons. The summed E-state index contributed by atoms with van der Waals surface area (Å²) in [7, 11) is 0. The third-order valence-corrected chi connectivity index (χ3v) is 3.98. The second-order valence-electron chi connectivity index (χ2n) is 5.45. The van der Waals surface area contributed by atoms with Crippen LogP contribution < -0.4 is 5.32 Å². The smallest absolute Gasteiger partial charge is 0.370 e. The van der Waals surface area contributed by atoms with Crippen molar-refractivity contribution in [1.29, 1.82) is 0 Å². The number of anilines is 1. The van der Waals surface area contributed by atoms with Crippen molar-refractivity contribution < 1.29 is 13.2 Å². The SMILES string of the molecule is CCn1nc(-c2ccc(C(F)(F)F)cc2)c2c1NCCCC2. The third-order valence-electron chi connectivity index (χ3n) is 3.98. The lowest BCUT2D eigenvalue weighted by Gasteiger charge is -2.07. The highest BCUT2D eigenvalue weighted by atomic mass is 19.4. The maximum Gasteiger partial charge on any atom is 0.416 e.